The molecular weight excluding hydrogens is 443 g/mol. The molecule has 0 saturated carbocycles. The van der Waals surface area contributed by atoms with Gasteiger partial charge in [0, 0.05) is 25.3 Å². The number of carbonyl (C=O) groups is 2. The minimum Gasteiger partial charge on any atom is -0.491 e. The number of amides is 2. The predicted octanol–water partition coefficient (Wildman–Crippen LogP) is 2.31. The average molecular weight is 469 g/mol. The van der Waals surface area contributed by atoms with Gasteiger partial charge in [-0.15, -0.1) is 0 Å². The van der Waals surface area contributed by atoms with Crippen LogP contribution < -0.4 is 15.4 Å². The largest absolute Gasteiger partial charge is 0.491 e. The van der Waals surface area contributed by atoms with Crippen LogP contribution in [0.4, 0.5) is 23.7 Å². The second-order valence-corrected chi connectivity index (χ2v) is 7.59. The maximum atomic E-state index is 13.8. The molecule has 1 atom stereocenters. The van der Waals surface area contributed by atoms with E-state index in [1.54, 1.807) is 35.0 Å². The molecule has 33 heavy (non-hydrogen) atoms. The molecule has 0 aliphatic carbocycles. The highest BCUT2D eigenvalue weighted by Crippen LogP contribution is 2.31. The highest BCUT2D eigenvalue weighted by Gasteiger charge is 2.42. The van der Waals surface area contributed by atoms with Gasteiger partial charge in [0.05, 0.1) is 18.7 Å². The van der Waals surface area contributed by atoms with E-state index in [1.165, 1.54) is 0 Å². The fraction of sp³-hybridized carbons (Fsp3) is 0.476. The number of hydrogen-bond acceptors (Lipinski definition) is 6. The van der Waals surface area contributed by atoms with Crippen LogP contribution in [0.3, 0.4) is 0 Å². The standard InChI is InChI=1S/C21H26F3N5O4/c1-3-6-28(11-17(25)30)13-4-5-14-16(9-13)32-8-7-27(2)20(14)26-18(10-22)29-15(19(23)24)12-33-21(29)31/h4-5,9-10,15,19H,3,6-8,11-12H2,1-2H3,(H2,25,30)/b18-10-,26-20-. The van der Waals surface area contributed by atoms with Crippen molar-refractivity contribution in [2.45, 2.75) is 25.8 Å². The molecule has 1 aromatic rings. The number of nitrogens with two attached hydrogens (primary N) is 1. The van der Waals surface area contributed by atoms with Gasteiger partial charge in [-0.1, -0.05) is 6.92 Å². The first-order chi connectivity index (χ1) is 15.8. The van der Waals surface area contributed by atoms with Crippen molar-refractivity contribution in [3.8, 4) is 5.75 Å². The summed E-state index contributed by atoms with van der Waals surface area (Å²) in [5.74, 6) is -0.440. The molecule has 12 heteroatoms. The molecular formula is C21H26F3N5O4. The number of carbonyl (C=O) groups excluding carboxylic acids is 2. The monoisotopic (exact) mass is 469 g/mol. The third-order valence-electron chi connectivity index (χ3n) is 5.22. The van der Waals surface area contributed by atoms with E-state index in [1.807, 2.05) is 6.92 Å². The lowest BCUT2D eigenvalue weighted by Gasteiger charge is -2.25. The topological polar surface area (TPSA) is 101 Å². The summed E-state index contributed by atoms with van der Waals surface area (Å²) in [7, 11) is 1.68. The second-order valence-electron chi connectivity index (χ2n) is 7.59. The molecule has 0 radical (unpaired) electrons. The first kappa shape index (κ1) is 24.2. The molecule has 2 amide bonds. The van der Waals surface area contributed by atoms with Crippen LogP contribution in [0.5, 0.6) is 5.75 Å². The summed E-state index contributed by atoms with van der Waals surface area (Å²) in [6.45, 7) is 2.65. The number of ether oxygens (including phenoxy) is 2. The molecule has 0 aromatic heterocycles. The minimum absolute atomic E-state index is 0.00155. The Morgan fingerprint density at radius 2 is 2.15 bits per heavy atom. The molecule has 3 rings (SSSR count). The molecule has 180 valence electrons. The van der Waals surface area contributed by atoms with Gasteiger partial charge in [0.25, 0.3) is 6.43 Å². The smallest absolute Gasteiger partial charge is 0.416 e. The van der Waals surface area contributed by atoms with E-state index in [0.717, 1.165) is 6.42 Å². The van der Waals surface area contributed by atoms with Gasteiger partial charge >= 0.3 is 6.09 Å². The van der Waals surface area contributed by atoms with Crippen LogP contribution in [0.15, 0.2) is 35.3 Å². The number of aliphatic imine (C=N–C) groups is 1. The first-order valence-corrected chi connectivity index (χ1v) is 10.4. The number of benzene rings is 1. The summed E-state index contributed by atoms with van der Waals surface area (Å²) in [4.78, 5) is 31.7. The number of alkyl halides is 2. The molecule has 1 fully saturated rings. The van der Waals surface area contributed by atoms with E-state index in [9.17, 15) is 22.8 Å². The number of anilines is 1. The third-order valence-corrected chi connectivity index (χ3v) is 5.22. The number of halogens is 3. The zero-order valence-electron chi connectivity index (χ0n) is 18.3. The summed E-state index contributed by atoms with van der Waals surface area (Å²) < 4.78 is 51.0. The number of fused-ring (bicyclic) bond motifs is 1. The van der Waals surface area contributed by atoms with Crippen molar-refractivity contribution in [3.63, 3.8) is 0 Å². The highest BCUT2D eigenvalue weighted by molar-refractivity contribution is 6.02. The molecule has 2 heterocycles. The minimum atomic E-state index is -2.94. The summed E-state index contributed by atoms with van der Waals surface area (Å²) in [6.07, 6.45) is -3.26. The number of amidine groups is 1. The van der Waals surface area contributed by atoms with E-state index in [0.29, 0.717) is 35.0 Å². The molecule has 2 aliphatic heterocycles. The van der Waals surface area contributed by atoms with Crippen molar-refractivity contribution in [1.29, 1.82) is 0 Å². The SMILES string of the molecule is CCCN(CC(N)=O)c1ccc2c(c1)OCCN(C)/C2=N\C(=C\F)N1C(=O)OCC1C(F)F. The van der Waals surface area contributed by atoms with Crippen LogP contribution in [-0.4, -0.2) is 80.0 Å². The molecule has 1 aromatic carbocycles. The maximum absolute atomic E-state index is 13.8. The van der Waals surface area contributed by atoms with E-state index >= 15 is 0 Å². The lowest BCUT2D eigenvalue weighted by Crippen LogP contribution is -2.38. The van der Waals surface area contributed by atoms with Gasteiger partial charge in [0.2, 0.25) is 5.91 Å². The summed E-state index contributed by atoms with van der Waals surface area (Å²) in [5.41, 5.74) is 6.52. The van der Waals surface area contributed by atoms with E-state index in [-0.39, 0.29) is 25.3 Å². The first-order valence-electron chi connectivity index (χ1n) is 10.4. The van der Waals surface area contributed by atoms with Crippen molar-refractivity contribution in [3.05, 3.63) is 35.9 Å². The molecule has 1 unspecified atom stereocenters. The summed E-state index contributed by atoms with van der Waals surface area (Å²) in [5, 5.41) is 0. The van der Waals surface area contributed by atoms with Crippen molar-refractivity contribution in [2.24, 2.45) is 10.7 Å². The Morgan fingerprint density at radius 1 is 1.39 bits per heavy atom. The second kappa shape index (κ2) is 10.5. The fourth-order valence-corrected chi connectivity index (χ4v) is 3.64. The zero-order valence-corrected chi connectivity index (χ0v) is 18.3. The van der Waals surface area contributed by atoms with Crippen LogP contribution in [0, 0.1) is 0 Å². The van der Waals surface area contributed by atoms with Crippen LogP contribution in [0.1, 0.15) is 18.9 Å². The van der Waals surface area contributed by atoms with E-state index < -0.39 is 36.9 Å². The van der Waals surface area contributed by atoms with E-state index in [4.69, 9.17) is 10.5 Å². The number of nitrogens with zero attached hydrogens (tertiary/aromatic N) is 4. The predicted molar refractivity (Wildman–Crippen MR) is 115 cm³/mol. The highest BCUT2D eigenvalue weighted by atomic mass is 19.3. The summed E-state index contributed by atoms with van der Waals surface area (Å²) in [6, 6.07) is 3.49. The third kappa shape index (κ3) is 5.32. The van der Waals surface area contributed by atoms with Crippen molar-refractivity contribution in [2.75, 3.05) is 44.8 Å². The average Bonchev–Trinajstić information content (AvgIpc) is 3.08. The van der Waals surface area contributed by atoms with Crippen molar-refractivity contribution < 1.29 is 32.2 Å². The lowest BCUT2D eigenvalue weighted by atomic mass is 10.1. The number of rotatable bonds is 8. The molecule has 0 spiro atoms. The van der Waals surface area contributed by atoms with Crippen molar-refractivity contribution in [1.82, 2.24) is 9.80 Å². The van der Waals surface area contributed by atoms with Crippen LogP contribution >= 0.6 is 0 Å². The van der Waals surface area contributed by atoms with E-state index in [2.05, 4.69) is 9.73 Å². The fourth-order valence-electron chi connectivity index (χ4n) is 3.64. The molecule has 9 nitrogen and oxygen atoms in total. The van der Waals surface area contributed by atoms with Gasteiger partial charge < -0.3 is 25.0 Å². The van der Waals surface area contributed by atoms with Gasteiger partial charge in [-0.3, -0.25) is 4.79 Å². The van der Waals surface area contributed by atoms with Gasteiger partial charge in [0.15, 0.2) is 5.82 Å². The Kier molecular flexibility index (Phi) is 7.67. The molecule has 0 bridgehead atoms. The molecule has 2 N–H and O–H groups in total. The van der Waals surface area contributed by atoms with Gasteiger partial charge in [-0.05, 0) is 18.6 Å². The van der Waals surface area contributed by atoms with Gasteiger partial charge in [-0.2, -0.15) is 0 Å². The summed E-state index contributed by atoms with van der Waals surface area (Å²) >= 11 is 0. The Labute approximate surface area is 189 Å². The Morgan fingerprint density at radius 3 is 2.79 bits per heavy atom. The number of hydrogen-bond donors (Lipinski definition) is 1. The molecule has 2 aliphatic rings. The van der Waals surface area contributed by atoms with Crippen LogP contribution in [-0.2, 0) is 9.53 Å². The maximum Gasteiger partial charge on any atom is 0.416 e. The Balaban J connectivity index is 2.02. The molecule has 1 saturated heterocycles. The van der Waals surface area contributed by atoms with Crippen LogP contribution in [0.25, 0.3) is 0 Å². The Hall–Kier alpha value is -3.44. The normalized spacial score (nSPS) is 19.9. The lowest BCUT2D eigenvalue weighted by molar-refractivity contribution is -0.116. The Bertz CT molecular complexity index is 956. The van der Waals surface area contributed by atoms with Gasteiger partial charge in [0.1, 0.15) is 37.2 Å². The van der Waals surface area contributed by atoms with Crippen molar-refractivity contribution >= 4 is 23.5 Å². The quantitative estimate of drug-likeness (QED) is 0.627. The number of cyclic esters (lactones) is 1. The zero-order chi connectivity index (χ0) is 24.1. The van der Waals surface area contributed by atoms with Crippen LogP contribution in [0.2, 0.25) is 0 Å². The number of primary amides is 1. The number of likely N-dealkylation sites (N-methyl/N-ethyl adjacent to an activating group) is 1. The van der Waals surface area contributed by atoms with Gasteiger partial charge in [-0.25, -0.2) is 27.9 Å².